The van der Waals surface area contributed by atoms with Crippen LogP contribution in [0.3, 0.4) is 0 Å². The maximum absolute atomic E-state index is 14.2. The predicted molar refractivity (Wildman–Crippen MR) is 208 cm³/mol. The lowest BCUT2D eigenvalue weighted by Crippen LogP contribution is -2.49. The molecule has 0 bridgehead atoms. The zero-order valence-corrected chi connectivity index (χ0v) is 33.6. The second-order valence-electron chi connectivity index (χ2n) is 16.5. The molecule has 3 aliphatic heterocycles. The second kappa shape index (κ2) is 16.8. The van der Waals surface area contributed by atoms with Crippen molar-refractivity contribution in [3.63, 3.8) is 0 Å². The number of ether oxygens (including phenoxy) is 1. The number of β-amino-alcohol motifs (C(OH)–C–C–N with tert-alkyl or cyclic N) is 1. The van der Waals surface area contributed by atoms with Crippen LogP contribution in [0.4, 0.5) is 10.6 Å². The third kappa shape index (κ3) is 9.43. The number of aromatic nitrogens is 2. The van der Waals surface area contributed by atoms with Gasteiger partial charge in [-0.3, -0.25) is 14.5 Å². The van der Waals surface area contributed by atoms with Crippen LogP contribution in [0.5, 0.6) is 0 Å². The van der Waals surface area contributed by atoms with E-state index in [-0.39, 0.29) is 42.8 Å². The molecular formula is C40H57N7O6S. The van der Waals surface area contributed by atoms with Crippen LogP contribution in [0.1, 0.15) is 89.8 Å². The number of anilines is 1. The van der Waals surface area contributed by atoms with Gasteiger partial charge >= 0.3 is 6.09 Å². The summed E-state index contributed by atoms with van der Waals surface area (Å²) in [6, 6.07) is 8.85. The summed E-state index contributed by atoms with van der Waals surface area (Å²) in [5.41, 5.74) is 4.36. The number of hydrogen-bond acceptors (Lipinski definition) is 11. The SMILES string of the molecule is Cc1ncsc1-c1ccc([C@H](C)NC(=O)[C@@H]2C[C@@H](O)CN2C(=O)[C@H](c2cc(N3CCN(CC4CCN(C(=O)OC(C)(C)C)CC4)CC3)no2)C(C)C)cc1. The largest absolute Gasteiger partial charge is 0.444 e. The number of rotatable bonds is 10. The quantitative estimate of drug-likeness (QED) is 0.274. The first-order valence-electron chi connectivity index (χ1n) is 19.4. The highest BCUT2D eigenvalue weighted by atomic mass is 32.1. The first kappa shape index (κ1) is 39.7. The van der Waals surface area contributed by atoms with Gasteiger partial charge in [-0.15, -0.1) is 11.3 Å². The zero-order valence-electron chi connectivity index (χ0n) is 32.8. The molecular weight excluding hydrogens is 707 g/mol. The van der Waals surface area contributed by atoms with Crippen LogP contribution in [0, 0.1) is 18.8 Å². The molecule has 14 heteroatoms. The van der Waals surface area contributed by atoms with E-state index in [9.17, 15) is 19.5 Å². The van der Waals surface area contributed by atoms with Gasteiger partial charge in [0.25, 0.3) is 0 Å². The maximum Gasteiger partial charge on any atom is 0.410 e. The minimum atomic E-state index is -0.797. The fourth-order valence-electron chi connectivity index (χ4n) is 7.84. The number of aliphatic hydroxyl groups is 1. The predicted octanol–water partition coefficient (Wildman–Crippen LogP) is 5.45. The van der Waals surface area contributed by atoms with Gasteiger partial charge in [-0.05, 0) is 70.4 Å². The summed E-state index contributed by atoms with van der Waals surface area (Å²) < 4.78 is 11.4. The van der Waals surface area contributed by atoms with E-state index < -0.39 is 23.7 Å². The third-order valence-corrected chi connectivity index (χ3v) is 11.9. The molecule has 13 nitrogen and oxygen atoms in total. The number of nitrogens with zero attached hydrogens (tertiary/aromatic N) is 6. The molecule has 1 aromatic carbocycles. The Morgan fingerprint density at radius 3 is 2.33 bits per heavy atom. The van der Waals surface area contributed by atoms with Gasteiger partial charge in [0.15, 0.2) is 11.6 Å². The molecule has 6 rings (SSSR count). The van der Waals surface area contributed by atoms with Crippen molar-refractivity contribution in [2.45, 2.75) is 97.4 Å². The van der Waals surface area contributed by atoms with E-state index >= 15 is 0 Å². The van der Waals surface area contributed by atoms with Crippen LogP contribution in [-0.4, -0.2) is 118 Å². The zero-order chi connectivity index (χ0) is 38.7. The summed E-state index contributed by atoms with van der Waals surface area (Å²) in [6.45, 7) is 19.4. The van der Waals surface area contributed by atoms with Crippen molar-refractivity contribution in [1.29, 1.82) is 0 Å². The van der Waals surface area contributed by atoms with E-state index in [0.717, 1.165) is 80.4 Å². The number of thiazole rings is 1. The van der Waals surface area contributed by atoms with Crippen LogP contribution in [0.25, 0.3) is 10.4 Å². The van der Waals surface area contributed by atoms with Gasteiger partial charge in [-0.2, -0.15) is 0 Å². The highest BCUT2D eigenvalue weighted by Gasteiger charge is 2.43. The third-order valence-electron chi connectivity index (χ3n) is 10.9. The van der Waals surface area contributed by atoms with Gasteiger partial charge in [0.1, 0.15) is 17.6 Å². The van der Waals surface area contributed by atoms with Gasteiger partial charge in [0.2, 0.25) is 11.8 Å². The molecule has 0 spiro atoms. The fraction of sp³-hybridized carbons (Fsp3) is 0.625. The molecule has 3 fully saturated rings. The van der Waals surface area contributed by atoms with Gasteiger partial charge in [-0.25, -0.2) is 9.78 Å². The Kier molecular flexibility index (Phi) is 12.3. The number of carbonyl (C=O) groups excluding carboxylic acids is 3. The average molecular weight is 764 g/mol. The number of piperidine rings is 1. The maximum atomic E-state index is 14.2. The molecule has 3 aromatic rings. The van der Waals surface area contributed by atoms with Crippen molar-refractivity contribution in [2.75, 3.05) is 57.3 Å². The Hall–Kier alpha value is -4.01. The number of hydrogen-bond donors (Lipinski definition) is 2. The van der Waals surface area contributed by atoms with Gasteiger partial charge in [-0.1, -0.05) is 43.3 Å². The van der Waals surface area contributed by atoms with E-state index in [4.69, 9.17) is 9.26 Å². The van der Waals surface area contributed by atoms with Crippen LogP contribution in [-0.2, 0) is 14.3 Å². The normalized spacial score (nSPS) is 21.4. The Morgan fingerprint density at radius 1 is 1.04 bits per heavy atom. The molecule has 4 atom stereocenters. The summed E-state index contributed by atoms with van der Waals surface area (Å²) in [4.78, 5) is 53.8. The van der Waals surface area contributed by atoms with Gasteiger partial charge in [0.05, 0.1) is 28.2 Å². The number of nitrogens with one attached hydrogen (secondary N) is 1. The van der Waals surface area contributed by atoms with Crippen molar-refractivity contribution >= 4 is 35.1 Å². The lowest BCUT2D eigenvalue weighted by molar-refractivity contribution is -0.141. The van der Waals surface area contributed by atoms with Gasteiger partial charge < -0.3 is 34.4 Å². The number of aliphatic hydroxyl groups excluding tert-OH is 1. The smallest absolute Gasteiger partial charge is 0.410 e. The first-order valence-corrected chi connectivity index (χ1v) is 20.3. The van der Waals surface area contributed by atoms with Crippen molar-refractivity contribution in [3.8, 4) is 10.4 Å². The summed E-state index contributed by atoms with van der Waals surface area (Å²) in [5.74, 6) is 0.392. The number of benzene rings is 1. The molecule has 294 valence electrons. The average Bonchev–Trinajstić information content (AvgIpc) is 3.88. The number of aryl methyl sites for hydroxylation is 1. The Labute approximate surface area is 323 Å². The van der Waals surface area contributed by atoms with Crippen LogP contribution < -0.4 is 10.2 Å². The molecule has 0 radical (unpaired) electrons. The van der Waals surface area contributed by atoms with E-state index in [1.165, 1.54) is 4.90 Å². The monoisotopic (exact) mass is 763 g/mol. The van der Waals surface area contributed by atoms with E-state index in [1.54, 1.807) is 11.3 Å². The van der Waals surface area contributed by atoms with Crippen molar-refractivity contribution < 1.29 is 28.8 Å². The lowest BCUT2D eigenvalue weighted by Gasteiger charge is -2.39. The van der Waals surface area contributed by atoms with E-state index in [0.29, 0.717) is 17.5 Å². The molecule has 54 heavy (non-hydrogen) atoms. The highest BCUT2D eigenvalue weighted by Crippen LogP contribution is 2.34. The molecule has 0 aliphatic carbocycles. The summed E-state index contributed by atoms with van der Waals surface area (Å²) in [7, 11) is 0. The Bertz CT molecular complexity index is 1740. The van der Waals surface area contributed by atoms with Crippen LogP contribution in [0.2, 0.25) is 0 Å². The van der Waals surface area contributed by atoms with Crippen LogP contribution in [0.15, 0.2) is 40.4 Å². The number of piperazine rings is 1. The number of likely N-dealkylation sites (tertiary alicyclic amines) is 2. The minimum Gasteiger partial charge on any atom is -0.444 e. The van der Waals surface area contributed by atoms with Crippen molar-refractivity contribution in [2.24, 2.45) is 11.8 Å². The number of amides is 3. The molecule has 0 saturated carbocycles. The van der Waals surface area contributed by atoms with Gasteiger partial charge in [0, 0.05) is 64.8 Å². The second-order valence-corrected chi connectivity index (χ2v) is 17.4. The minimum absolute atomic E-state index is 0.0837. The van der Waals surface area contributed by atoms with Crippen LogP contribution >= 0.6 is 11.3 Å². The molecule has 3 aliphatic rings. The fourth-order valence-corrected chi connectivity index (χ4v) is 8.65. The highest BCUT2D eigenvalue weighted by molar-refractivity contribution is 7.13. The summed E-state index contributed by atoms with van der Waals surface area (Å²) in [5, 5.41) is 18.2. The molecule has 2 N–H and O–H groups in total. The Balaban J connectivity index is 1.02. The summed E-state index contributed by atoms with van der Waals surface area (Å²) in [6.07, 6.45) is 1.09. The molecule has 2 aromatic heterocycles. The molecule has 3 saturated heterocycles. The Morgan fingerprint density at radius 2 is 1.72 bits per heavy atom. The topological polar surface area (TPSA) is 145 Å². The van der Waals surface area contributed by atoms with E-state index in [1.807, 2.05) is 89.2 Å². The standard InChI is InChI=1S/C40H57N7O6S/c1-25(2)35(33-21-34(43-53-33)45-18-16-44(17-19-45)22-28-12-14-46(15-13-28)39(51)52-40(5,6)7)38(50)47-23-31(48)20-32(47)37(49)42-26(3)29-8-10-30(11-9-29)36-27(4)41-24-54-36/h8-11,21,24-26,28,31-32,35,48H,12-20,22-23H2,1-7H3,(H,42,49)/t26-,31+,32-,35-/m0/s1. The molecule has 3 amide bonds. The molecule has 0 unspecified atom stereocenters. The summed E-state index contributed by atoms with van der Waals surface area (Å²) >= 11 is 1.60. The molecule has 5 heterocycles. The lowest BCUT2D eigenvalue weighted by atomic mass is 9.91. The van der Waals surface area contributed by atoms with E-state index in [2.05, 4.69) is 25.3 Å². The van der Waals surface area contributed by atoms with Crippen molar-refractivity contribution in [1.82, 2.24) is 30.2 Å². The van der Waals surface area contributed by atoms with Crippen molar-refractivity contribution in [3.05, 3.63) is 52.9 Å². The number of carbonyl (C=O) groups is 3. The first-order chi connectivity index (χ1) is 25.7.